The molecule has 0 spiro atoms. The Bertz CT molecular complexity index is 274. The summed E-state index contributed by atoms with van der Waals surface area (Å²) in [5.74, 6) is 1.10. The molecular weight excluding hydrogens is 170 g/mol. The quantitative estimate of drug-likeness (QED) is 0.688. The molecule has 77 valence electrons. The van der Waals surface area contributed by atoms with Crippen molar-refractivity contribution in [2.45, 2.75) is 39.5 Å². The molecule has 0 saturated heterocycles. The Morgan fingerprint density at radius 2 is 1.36 bits per heavy atom. The summed E-state index contributed by atoms with van der Waals surface area (Å²) in [6.45, 7) is 8.87. The summed E-state index contributed by atoms with van der Waals surface area (Å²) in [4.78, 5) is 0. The first-order valence-electron chi connectivity index (χ1n) is 5.30. The average Bonchev–Trinajstić information content (AvgIpc) is 2.16. The van der Waals surface area contributed by atoms with Gasteiger partial charge in [0, 0.05) is 7.05 Å². The van der Waals surface area contributed by atoms with Crippen LogP contribution in [0.3, 0.4) is 0 Å². The third-order valence-corrected chi connectivity index (χ3v) is 2.57. The minimum atomic E-state index is 0.549. The molecule has 0 atom stereocenters. The van der Waals surface area contributed by atoms with Crippen LogP contribution >= 0.6 is 0 Å². The van der Waals surface area contributed by atoms with Gasteiger partial charge in [-0.2, -0.15) is 0 Å². The van der Waals surface area contributed by atoms with Gasteiger partial charge in [-0.05, 0) is 23.0 Å². The van der Waals surface area contributed by atoms with Gasteiger partial charge in [0.1, 0.15) is 0 Å². The first-order chi connectivity index (χ1) is 6.57. The van der Waals surface area contributed by atoms with Crippen molar-refractivity contribution >= 4 is 5.69 Å². The minimum Gasteiger partial charge on any atom is -0.288 e. The Morgan fingerprint density at radius 1 is 0.929 bits per heavy atom. The summed E-state index contributed by atoms with van der Waals surface area (Å²) in [6.07, 6.45) is 0. The van der Waals surface area contributed by atoms with Gasteiger partial charge in [0.25, 0.3) is 0 Å². The predicted molar refractivity (Wildman–Crippen MR) is 62.3 cm³/mol. The molecule has 0 aliphatic rings. The van der Waals surface area contributed by atoms with Gasteiger partial charge < -0.3 is 0 Å². The van der Waals surface area contributed by atoms with Crippen LogP contribution in [0.15, 0.2) is 18.2 Å². The predicted octanol–water partition coefficient (Wildman–Crippen LogP) is 3.80. The monoisotopic (exact) mass is 190 g/mol. The van der Waals surface area contributed by atoms with Crippen LogP contribution in [0.1, 0.15) is 50.7 Å². The fourth-order valence-electron chi connectivity index (χ4n) is 1.77. The number of hydrogen-bond acceptors (Lipinski definition) is 0. The second-order valence-electron chi connectivity index (χ2n) is 4.32. The van der Waals surface area contributed by atoms with E-state index in [0.29, 0.717) is 11.8 Å². The topological polar surface area (TPSA) is 14.1 Å². The molecule has 0 bridgehead atoms. The van der Waals surface area contributed by atoms with Gasteiger partial charge in [-0.25, -0.2) is 0 Å². The van der Waals surface area contributed by atoms with E-state index in [1.54, 1.807) is 0 Å². The van der Waals surface area contributed by atoms with Gasteiger partial charge in [-0.3, -0.25) is 5.32 Å². The van der Waals surface area contributed by atoms with E-state index in [0.717, 1.165) is 0 Å². The van der Waals surface area contributed by atoms with Gasteiger partial charge >= 0.3 is 0 Å². The smallest absolute Gasteiger partial charge is 0.0639 e. The van der Waals surface area contributed by atoms with Crippen molar-refractivity contribution in [2.75, 3.05) is 7.05 Å². The van der Waals surface area contributed by atoms with Crippen molar-refractivity contribution in [1.82, 2.24) is 5.32 Å². The van der Waals surface area contributed by atoms with E-state index in [4.69, 9.17) is 0 Å². The van der Waals surface area contributed by atoms with Crippen molar-refractivity contribution in [3.05, 3.63) is 29.3 Å². The molecular formula is C13H20N. The molecule has 1 rings (SSSR count). The highest BCUT2D eigenvalue weighted by atomic mass is 14.8. The molecule has 0 amide bonds. The molecule has 0 unspecified atom stereocenters. The van der Waals surface area contributed by atoms with E-state index in [9.17, 15) is 0 Å². The number of para-hydroxylation sites is 1. The van der Waals surface area contributed by atoms with E-state index in [-0.39, 0.29) is 0 Å². The van der Waals surface area contributed by atoms with Crippen LogP contribution in [-0.2, 0) is 0 Å². The number of benzene rings is 1. The zero-order valence-electron chi connectivity index (χ0n) is 9.83. The zero-order valence-corrected chi connectivity index (χ0v) is 9.83. The number of nitrogens with zero attached hydrogens (tertiary/aromatic N) is 1. The minimum absolute atomic E-state index is 0.549. The lowest BCUT2D eigenvalue weighted by Gasteiger charge is -2.17. The Morgan fingerprint density at radius 3 is 1.64 bits per heavy atom. The average molecular weight is 190 g/mol. The standard InChI is InChI=1S/C13H20N/c1-9(2)11-7-6-8-12(10(3)4)13(11)14-5/h6-10H,1-5H3. The van der Waals surface area contributed by atoms with Crippen LogP contribution in [0, 0.1) is 0 Å². The molecule has 1 heteroatoms. The van der Waals surface area contributed by atoms with E-state index >= 15 is 0 Å². The maximum atomic E-state index is 4.41. The highest BCUT2D eigenvalue weighted by Crippen LogP contribution is 2.31. The summed E-state index contributed by atoms with van der Waals surface area (Å²) in [6, 6.07) is 6.50. The second kappa shape index (κ2) is 4.50. The Labute approximate surface area is 87.5 Å². The van der Waals surface area contributed by atoms with Crippen molar-refractivity contribution in [1.29, 1.82) is 0 Å². The fraction of sp³-hybridized carbons (Fsp3) is 0.538. The molecule has 0 fully saturated rings. The maximum Gasteiger partial charge on any atom is 0.0639 e. The van der Waals surface area contributed by atoms with Crippen molar-refractivity contribution in [3.8, 4) is 0 Å². The van der Waals surface area contributed by atoms with Crippen LogP contribution in [0.5, 0.6) is 0 Å². The Kier molecular flexibility index (Phi) is 3.56. The summed E-state index contributed by atoms with van der Waals surface area (Å²) < 4.78 is 0. The van der Waals surface area contributed by atoms with Gasteiger partial charge in [0.2, 0.25) is 0 Å². The number of hydrogen-bond donors (Lipinski definition) is 0. The van der Waals surface area contributed by atoms with Crippen molar-refractivity contribution in [2.24, 2.45) is 0 Å². The summed E-state index contributed by atoms with van der Waals surface area (Å²) in [7, 11) is 1.88. The van der Waals surface area contributed by atoms with Gasteiger partial charge in [0.15, 0.2) is 0 Å². The van der Waals surface area contributed by atoms with Crippen LogP contribution in [0.4, 0.5) is 5.69 Å². The zero-order chi connectivity index (χ0) is 10.7. The first-order valence-corrected chi connectivity index (χ1v) is 5.30. The molecule has 0 aliphatic carbocycles. The molecule has 0 saturated carbocycles. The van der Waals surface area contributed by atoms with Gasteiger partial charge in [-0.15, -0.1) is 0 Å². The molecule has 1 nitrogen and oxygen atoms in total. The lowest BCUT2D eigenvalue weighted by Crippen LogP contribution is -2.02. The lowest BCUT2D eigenvalue weighted by molar-refractivity contribution is 0.813. The fourth-order valence-corrected chi connectivity index (χ4v) is 1.77. The Hall–Kier alpha value is -0.980. The molecule has 1 aromatic rings. The molecule has 14 heavy (non-hydrogen) atoms. The molecule has 0 heterocycles. The highest BCUT2D eigenvalue weighted by Gasteiger charge is 2.12. The van der Waals surface area contributed by atoms with E-state index < -0.39 is 0 Å². The second-order valence-corrected chi connectivity index (χ2v) is 4.32. The summed E-state index contributed by atoms with van der Waals surface area (Å²) in [5.41, 5.74) is 3.91. The van der Waals surface area contributed by atoms with Crippen molar-refractivity contribution < 1.29 is 0 Å². The van der Waals surface area contributed by atoms with Crippen LogP contribution < -0.4 is 5.32 Å². The molecule has 1 radical (unpaired) electrons. The summed E-state index contributed by atoms with van der Waals surface area (Å²) >= 11 is 0. The summed E-state index contributed by atoms with van der Waals surface area (Å²) in [5, 5.41) is 4.41. The van der Waals surface area contributed by atoms with Crippen molar-refractivity contribution in [3.63, 3.8) is 0 Å². The third kappa shape index (κ3) is 2.09. The molecule has 1 aromatic carbocycles. The molecule has 0 N–H and O–H groups in total. The largest absolute Gasteiger partial charge is 0.288 e. The van der Waals surface area contributed by atoms with Crippen LogP contribution in [0.2, 0.25) is 0 Å². The highest BCUT2D eigenvalue weighted by molar-refractivity contribution is 5.54. The van der Waals surface area contributed by atoms with Crippen LogP contribution in [0.25, 0.3) is 0 Å². The van der Waals surface area contributed by atoms with E-state index in [2.05, 4.69) is 51.2 Å². The first kappa shape index (κ1) is 11.1. The molecule has 0 aliphatic heterocycles. The van der Waals surface area contributed by atoms with Crippen LogP contribution in [-0.4, -0.2) is 7.05 Å². The SMILES string of the molecule is C[N]c1c(C(C)C)cccc1C(C)C. The van der Waals surface area contributed by atoms with E-state index in [1.165, 1.54) is 16.8 Å². The normalized spacial score (nSPS) is 11.1. The number of rotatable bonds is 3. The third-order valence-electron chi connectivity index (χ3n) is 2.57. The van der Waals surface area contributed by atoms with Gasteiger partial charge in [-0.1, -0.05) is 45.9 Å². The van der Waals surface area contributed by atoms with Gasteiger partial charge in [0.05, 0.1) is 5.69 Å². The lowest BCUT2D eigenvalue weighted by atomic mass is 9.93. The Balaban J connectivity index is 3.25. The maximum absolute atomic E-state index is 4.41. The van der Waals surface area contributed by atoms with E-state index in [1.807, 2.05) is 7.05 Å². The molecule has 0 aromatic heterocycles.